The van der Waals surface area contributed by atoms with Crippen molar-refractivity contribution >= 4 is 6.09 Å². The van der Waals surface area contributed by atoms with Crippen molar-refractivity contribution < 1.29 is 14.6 Å². The second kappa shape index (κ2) is 7.76. The highest BCUT2D eigenvalue weighted by Crippen LogP contribution is 2.36. The van der Waals surface area contributed by atoms with Crippen LogP contribution in [0.3, 0.4) is 0 Å². The van der Waals surface area contributed by atoms with Crippen LogP contribution in [0.5, 0.6) is 0 Å². The molecular formula is C18H26N4O3. The van der Waals surface area contributed by atoms with Crippen LogP contribution in [0, 0.1) is 5.92 Å². The van der Waals surface area contributed by atoms with E-state index in [1.54, 1.807) is 4.90 Å². The highest BCUT2D eigenvalue weighted by molar-refractivity contribution is 5.68. The Morgan fingerprint density at radius 3 is 2.68 bits per heavy atom. The van der Waals surface area contributed by atoms with Gasteiger partial charge in [-0.3, -0.25) is 0 Å². The van der Waals surface area contributed by atoms with E-state index in [2.05, 4.69) is 10.0 Å². The van der Waals surface area contributed by atoms with Gasteiger partial charge in [0.1, 0.15) is 5.60 Å². The largest absolute Gasteiger partial charge is 0.444 e. The van der Waals surface area contributed by atoms with E-state index in [0.29, 0.717) is 18.7 Å². The number of nitrogens with zero attached hydrogens (tertiary/aromatic N) is 4. The van der Waals surface area contributed by atoms with Crippen LogP contribution < -0.4 is 0 Å². The highest BCUT2D eigenvalue weighted by atomic mass is 16.6. The van der Waals surface area contributed by atoms with Gasteiger partial charge in [0, 0.05) is 23.9 Å². The Morgan fingerprint density at radius 1 is 1.40 bits per heavy atom. The maximum Gasteiger partial charge on any atom is 0.410 e. The van der Waals surface area contributed by atoms with Crippen molar-refractivity contribution in [2.45, 2.75) is 44.8 Å². The molecule has 0 radical (unpaired) electrons. The lowest BCUT2D eigenvalue weighted by atomic mass is 9.77. The standard InChI is InChI=1S/C18H26N4O3/c1-17(2,3)25-16(23)22-11-7-10-15(12-22)18(24,13-20-21-19)14-8-5-4-6-9-14/h4-6,8-9,15,24H,7,10-13H2,1-3H3/t15-,18-/m0/s1. The van der Waals surface area contributed by atoms with Crippen molar-refractivity contribution in [3.63, 3.8) is 0 Å². The highest BCUT2D eigenvalue weighted by Gasteiger charge is 2.41. The summed E-state index contributed by atoms with van der Waals surface area (Å²) in [5.74, 6) is -0.235. The third-order valence-corrected chi connectivity index (χ3v) is 4.40. The second-order valence-electron chi connectivity index (χ2n) is 7.44. The Labute approximate surface area is 148 Å². The molecule has 1 aromatic rings. The van der Waals surface area contributed by atoms with Gasteiger partial charge in [-0.05, 0) is 44.7 Å². The molecule has 1 aliphatic rings. The number of piperidine rings is 1. The smallest absolute Gasteiger partial charge is 0.410 e. The van der Waals surface area contributed by atoms with E-state index < -0.39 is 11.2 Å². The molecule has 1 aliphatic heterocycles. The van der Waals surface area contributed by atoms with E-state index in [9.17, 15) is 9.90 Å². The van der Waals surface area contributed by atoms with Crippen LogP contribution in [0.25, 0.3) is 10.4 Å². The summed E-state index contributed by atoms with van der Waals surface area (Å²) in [4.78, 5) is 16.8. The van der Waals surface area contributed by atoms with Crippen LogP contribution in [0.1, 0.15) is 39.2 Å². The van der Waals surface area contributed by atoms with Gasteiger partial charge in [-0.15, -0.1) is 0 Å². The molecule has 1 heterocycles. The van der Waals surface area contributed by atoms with Crippen LogP contribution in [0.15, 0.2) is 35.4 Å². The number of hydrogen-bond donors (Lipinski definition) is 1. The summed E-state index contributed by atoms with van der Waals surface area (Å²) < 4.78 is 5.45. The van der Waals surface area contributed by atoms with Crippen molar-refractivity contribution in [1.29, 1.82) is 0 Å². The lowest BCUT2D eigenvalue weighted by molar-refractivity contribution is -0.0501. The molecule has 1 saturated heterocycles. The van der Waals surface area contributed by atoms with E-state index in [1.807, 2.05) is 51.1 Å². The summed E-state index contributed by atoms with van der Waals surface area (Å²) in [6.07, 6.45) is 1.12. The molecule has 0 aromatic heterocycles. The van der Waals surface area contributed by atoms with Gasteiger partial charge >= 0.3 is 6.09 Å². The monoisotopic (exact) mass is 346 g/mol. The van der Waals surface area contributed by atoms with E-state index in [4.69, 9.17) is 10.3 Å². The number of rotatable bonds is 4. The molecule has 1 fully saturated rings. The number of amides is 1. The molecule has 1 N–H and O–H groups in total. The maximum atomic E-state index is 12.4. The average molecular weight is 346 g/mol. The first-order valence-electron chi connectivity index (χ1n) is 8.53. The Morgan fingerprint density at radius 2 is 2.08 bits per heavy atom. The maximum absolute atomic E-state index is 12.4. The summed E-state index contributed by atoms with van der Waals surface area (Å²) in [6, 6.07) is 9.18. The Kier molecular flexibility index (Phi) is 5.93. The summed E-state index contributed by atoms with van der Waals surface area (Å²) in [5.41, 5.74) is 7.52. The number of carbonyl (C=O) groups is 1. The van der Waals surface area contributed by atoms with Gasteiger partial charge in [0.15, 0.2) is 0 Å². The van der Waals surface area contributed by atoms with Gasteiger partial charge in [-0.2, -0.15) is 0 Å². The Balaban J connectivity index is 2.23. The van der Waals surface area contributed by atoms with Gasteiger partial charge in [0.05, 0.1) is 12.1 Å². The van der Waals surface area contributed by atoms with Crippen LogP contribution in [0.2, 0.25) is 0 Å². The number of hydrogen-bond acceptors (Lipinski definition) is 4. The number of aliphatic hydroxyl groups is 1. The van der Waals surface area contributed by atoms with Gasteiger partial charge in [0.2, 0.25) is 0 Å². The topological polar surface area (TPSA) is 98.5 Å². The SMILES string of the molecule is CC(C)(C)OC(=O)N1CCC[C@H]([C@](O)(CN=[N+]=[N-])c2ccccc2)C1. The van der Waals surface area contributed by atoms with E-state index in [1.165, 1.54) is 0 Å². The summed E-state index contributed by atoms with van der Waals surface area (Å²) in [6.45, 7) is 6.37. The third-order valence-electron chi connectivity index (χ3n) is 4.40. The zero-order chi connectivity index (χ0) is 18.5. The number of azide groups is 1. The fraction of sp³-hybridized carbons (Fsp3) is 0.611. The van der Waals surface area contributed by atoms with Gasteiger partial charge in [0.25, 0.3) is 0 Å². The molecule has 0 spiro atoms. The first kappa shape index (κ1) is 19.1. The Hall–Kier alpha value is -2.24. The van der Waals surface area contributed by atoms with Crippen LogP contribution in [-0.2, 0) is 10.3 Å². The van der Waals surface area contributed by atoms with E-state index >= 15 is 0 Å². The number of ether oxygens (including phenoxy) is 1. The minimum absolute atomic E-state index is 0.0691. The first-order chi connectivity index (χ1) is 11.8. The van der Waals surface area contributed by atoms with Crippen LogP contribution in [-0.4, -0.2) is 41.3 Å². The number of likely N-dealkylation sites (tertiary alicyclic amines) is 1. The minimum atomic E-state index is -1.31. The predicted molar refractivity (Wildman–Crippen MR) is 94.9 cm³/mol. The van der Waals surface area contributed by atoms with Crippen molar-refractivity contribution in [3.05, 3.63) is 46.3 Å². The molecule has 0 saturated carbocycles. The van der Waals surface area contributed by atoms with Crippen molar-refractivity contribution in [1.82, 2.24) is 4.90 Å². The van der Waals surface area contributed by atoms with Crippen molar-refractivity contribution in [3.8, 4) is 0 Å². The molecule has 0 bridgehead atoms. The molecular weight excluding hydrogens is 320 g/mol. The molecule has 2 atom stereocenters. The fourth-order valence-electron chi connectivity index (χ4n) is 3.18. The molecule has 7 heteroatoms. The fourth-order valence-corrected chi connectivity index (χ4v) is 3.18. The van der Waals surface area contributed by atoms with Crippen LogP contribution >= 0.6 is 0 Å². The van der Waals surface area contributed by atoms with E-state index in [-0.39, 0.29) is 18.6 Å². The van der Waals surface area contributed by atoms with E-state index in [0.717, 1.165) is 12.8 Å². The zero-order valence-corrected chi connectivity index (χ0v) is 15.1. The molecule has 2 rings (SSSR count). The second-order valence-corrected chi connectivity index (χ2v) is 7.44. The Bertz CT molecular complexity index is 637. The van der Waals surface area contributed by atoms with Gasteiger partial charge < -0.3 is 14.7 Å². The number of carbonyl (C=O) groups excluding carboxylic acids is 1. The molecule has 0 unspecified atom stereocenters. The molecule has 1 amide bonds. The summed E-state index contributed by atoms with van der Waals surface area (Å²) >= 11 is 0. The first-order valence-corrected chi connectivity index (χ1v) is 8.53. The lowest BCUT2D eigenvalue weighted by Gasteiger charge is -2.42. The van der Waals surface area contributed by atoms with Crippen molar-refractivity contribution in [2.24, 2.45) is 11.0 Å². The summed E-state index contributed by atoms with van der Waals surface area (Å²) in [7, 11) is 0. The lowest BCUT2D eigenvalue weighted by Crippen LogP contribution is -2.50. The normalized spacial score (nSPS) is 20.3. The average Bonchev–Trinajstić information content (AvgIpc) is 2.59. The quantitative estimate of drug-likeness (QED) is 0.509. The van der Waals surface area contributed by atoms with Crippen LogP contribution in [0.4, 0.5) is 4.79 Å². The molecule has 0 aliphatic carbocycles. The predicted octanol–water partition coefficient (Wildman–Crippen LogP) is 3.83. The summed E-state index contributed by atoms with van der Waals surface area (Å²) in [5, 5.41) is 14.9. The molecule has 1 aromatic carbocycles. The molecule has 25 heavy (non-hydrogen) atoms. The molecule has 7 nitrogen and oxygen atoms in total. The number of benzene rings is 1. The van der Waals surface area contributed by atoms with Gasteiger partial charge in [-0.1, -0.05) is 35.4 Å². The third kappa shape index (κ3) is 4.87. The van der Waals surface area contributed by atoms with Gasteiger partial charge in [-0.25, -0.2) is 4.79 Å². The molecule has 136 valence electrons. The van der Waals surface area contributed by atoms with Crippen molar-refractivity contribution in [2.75, 3.05) is 19.6 Å². The minimum Gasteiger partial charge on any atom is -0.444 e. The zero-order valence-electron chi connectivity index (χ0n) is 15.1.